The summed E-state index contributed by atoms with van der Waals surface area (Å²) in [7, 11) is -5.15. The van der Waals surface area contributed by atoms with Gasteiger partial charge in [0.25, 0.3) is 0 Å². The zero-order valence-corrected chi connectivity index (χ0v) is 33.1. The van der Waals surface area contributed by atoms with Crippen molar-refractivity contribution in [3.05, 3.63) is 58.7 Å². The first kappa shape index (κ1) is 46.2. The van der Waals surface area contributed by atoms with Gasteiger partial charge in [-0.3, -0.25) is 0 Å². The van der Waals surface area contributed by atoms with E-state index in [1.165, 1.54) is 44.9 Å². The molecule has 8 nitrogen and oxygen atoms in total. The van der Waals surface area contributed by atoms with Crippen LogP contribution in [0, 0.1) is 0 Å². The Morgan fingerprint density at radius 2 is 1.11 bits per heavy atom. The molecule has 0 amide bonds. The monoisotopic (exact) mass is 654 g/mol. The molecule has 0 unspecified atom stereocenters. The van der Waals surface area contributed by atoms with Crippen molar-refractivity contribution >= 4 is 7.82 Å². The Labute approximate surface area is 310 Å². The molecule has 0 spiro atoms. The molecule has 2 aromatic carbocycles. The molecule has 2 rings (SSSR count). The zero-order valence-electron chi connectivity index (χ0n) is 28.2. The minimum absolute atomic E-state index is 0. The molecule has 0 fully saturated rings. The molecule has 0 aromatic heterocycles. The second-order valence-corrected chi connectivity index (χ2v) is 11.5. The van der Waals surface area contributed by atoms with Crippen LogP contribution in [0.25, 0.3) is 0 Å². The van der Waals surface area contributed by atoms with Crippen LogP contribution in [0.15, 0.2) is 36.4 Å². The molecular weight excluding hydrogens is 601 g/mol. The van der Waals surface area contributed by atoms with Crippen molar-refractivity contribution in [2.24, 2.45) is 0 Å². The van der Waals surface area contributed by atoms with Gasteiger partial charge in [0.1, 0.15) is 19.3 Å². The van der Waals surface area contributed by atoms with Crippen molar-refractivity contribution in [3.63, 3.8) is 0 Å². The van der Waals surface area contributed by atoms with Crippen molar-refractivity contribution < 1.29 is 97.9 Å². The smallest absolute Gasteiger partial charge is 0.780 e. The van der Waals surface area contributed by atoms with E-state index in [2.05, 4.69) is 28.7 Å². The summed E-state index contributed by atoms with van der Waals surface area (Å²) in [6, 6.07) is 10.9. The van der Waals surface area contributed by atoms with E-state index in [0.29, 0.717) is 31.8 Å². The molecule has 0 heterocycles. The number of unbranched alkanes of at least 4 members (excludes halogenated alkanes) is 10. The predicted octanol–water partition coefficient (Wildman–Crippen LogP) is 1.91. The van der Waals surface area contributed by atoms with Crippen LogP contribution in [0.4, 0.5) is 0 Å². The topological polar surface area (TPSA) is 120 Å². The van der Waals surface area contributed by atoms with Crippen molar-refractivity contribution in [1.82, 2.24) is 0 Å². The minimum Gasteiger partial charge on any atom is -0.780 e. The fourth-order valence-corrected chi connectivity index (χ4v) is 5.25. The third kappa shape index (κ3) is 21.8. The molecule has 0 aliphatic rings. The molecule has 0 bridgehead atoms. The molecule has 11 heteroatoms. The summed E-state index contributed by atoms with van der Waals surface area (Å²) in [5.41, 5.74) is 3.72. The first-order valence-corrected chi connectivity index (χ1v) is 17.3. The molecule has 0 radical (unpaired) electrons. The van der Waals surface area contributed by atoms with E-state index in [9.17, 15) is 19.5 Å². The Hall–Kier alpha value is 0.0700. The van der Waals surface area contributed by atoms with E-state index in [1.807, 2.05) is 32.0 Å². The van der Waals surface area contributed by atoms with Gasteiger partial charge in [-0.05, 0) is 80.3 Å². The van der Waals surface area contributed by atoms with Gasteiger partial charge in [0, 0.05) is 0 Å². The molecule has 1 N–H and O–H groups in total. The standard InChI is InChI=1S/C29H45O5P.C4H10O3.2Na/c1-3-5-7-9-11-13-19-26-24(17-15-21-28(26)30)23-25-18-16-22-29(34-35(31,32)33)27(25)20-14-12-10-8-6-4-2;1-3-5-7-6-4-2;;/h15-18,21-22,30H,3-14,19-20,23H2,1-2H3,(H2,31,32,33);3-4H2,1-2H3;;/q;;2*+1/p-2. The second kappa shape index (κ2) is 29.2. The van der Waals surface area contributed by atoms with Crippen LogP contribution in [-0.2, 0) is 38.6 Å². The van der Waals surface area contributed by atoms with Gasteiger partial charge in [-0.1, -0.05) is 107 Å². The van der Waals surface area contributed by atoms with Crippen molar-refractivity contribution in [3.8, 4) is 11.5 Å². The maximum atomic E-state index is 11.4. The van der Waals surface area contributed by atoms with E-state index in [0.717, 1.165) is 60.8 Å². The first-order chi connectivity index (χ1) is 20.3. The summed E-state index contributed by atoms with van der Waals surface area (Å²) >= 11 is 0. The normalized spacial score (nSPS) is 10.8. The Balaban J connectivity index is 0. The molecule has 240 valence electrons. The number of rotatable bonds is 22. The molecular formula is C33H53Na2O8P. The number of phosphoric ester groups is 1. The van der Waals surface area contributed by atoms with Crippen LogP contribution < -0.4 is 73.4 Å². The Kier molecular flexibility index (Phi) is 30.7. The summed E-state index contributed by atoms with van der Waals surface area (Å²) in [4.78, 5) is 31.5. The molecule has 2 aromatic rings. The Morgan fingerprint density at radius 3 is 1.61 bits per heavy atom. The second-order valence-electron chi connectivity index (χ2n) is 10.4. The molecule has 0 aliphatic heterocycles. The maximum absolute atomic E-state index is 11.4. The van der Waals surface area contributed by atoms with Gasteiger partial charge in [0.05, 0.1) is 13.2 Å². The number of benzene rings is 2. The van der Waals surface area contributed by atoms with E-state index in [1.54, 1.807) is 18.2 Å². The first-order valence-electron chi connectivity index (χ1n) is 15.8. The van der Waals surface area contributed by atoms with Gasteiger partial charge in [0.15, 0.2) is 0 Å². The van der Waals surface area contributed by atoms with Crippen LogP contribution in [0.2, 0.25) is 0 Å². The number of phenols is 1. The predicted molar refractivity (Wildman–Crippen MR) is 164 cm³/mol. The fourth-order valence-electron chi connectivity index (χ4n) is 4.84. The van der Waals surface area contributed by atoms with E-state index in [-0.39, 0.29) is 64.9 Å². The molecule has 0 saturated heterocycles. The Bertz CT molecular complexity index is 1020. The van der Waals surface area contributed by atoms with Crippen LogP contribution in [-0.4, -0.2) is 18.3 Å². The van der Waals surface area contributed by atoms with Crippen LogP contribution in [0.3, 0.4) is 0 Å². The third-order valence-electron chi connectivity index (χ3n) is 6.96. The van der Waals surface area contributed by atoms with Crippen molar-refractivity contribution in [1.29, 1.82) is 0 Å². The van der Waals surface area contributed by atoms with E-state index >= 15 is 0 Å². The van der Waals surface area contributed by atoms with Gasteiger partial charge in [-0.2, -0.15) is 0 Å². The average molecular weight is 655 g/mol. The number of phenolic OH excluding ortho intramolecular Hbond substituents is 1. The molecule has 0 atom stereocenters. The van der Waals surface area contributed by atoms with E-state index < -0.39 is 7.82 Å². The van der Waals surface area contributed by atoms with Gasteiger partial charge in [0.2, 0.25) is 0 Å². The van der Waals surface area contributed by atoms with Gasteiger partial charge in [-0.15, -0.1) is 0 Å². The number of phosphoric acid groups is 1. The third-order valence-corrected chi connectivity index (χ3v) is 7.38. The summed E-state index contributed by atoms with van der Waals surface area (Å²) < 4.78 is 16.3. The number of hydrogen-bond acceptors (Lipinski definition) is 8. The molecule has 0 aliphatic carbocycles. The van der Waals surface area contributed by atoms with E-state index in [4.69, 9.17) is 4.52 Å². The molecule has 44 heavy (non-hydrogen) atoms. The zero-order chi connectivity index (χ0) is 31.1. The number of hydrogen-bond donors (Lipinski definition) is 1. The van der Waals surface area contributed by atoms with Gasteiger partial charge < -0.3 is 24.0 Å². The van der Waals surface area contributed by atoms with Crippen LogP contribution in [0.5, 0.6) is 11.5 Å². The summed E-state index contributed by atoms with van der Waals surface area (Å²) in [5.74, 6) is 0.451. The maximum Gasteiger partial charge on any atom is 1.00 e. The van der Waals surface area contributed by atoms with Gasteiger partial charge >= 0.3 is 59.1 Å². The fraction of sp³-hybridized carbons (Fsp3) is 0.636. The van der Waals surface area contributed by atoms with Crippen molar-refractivity contribution in [2.75, 3.05) is 13.2 Å². The van der Waals surface area contributed by atoms with Crippen LogP contribution in [0.1, 0.15) is 127 Å². The summed E-state index contributed by atoms with van der Waals surface area (Å²) in [6.45, 7) is 9.06. The average Bonchev–Trinajstić information content (AvgIpc) is 2.95. The van der Waals surface area contributed by atoms with Crippen LogP contribution >= 0.6 is 7.82 Å². The molecule has 0 saturated carbocycles. The Morgan fingerprint density at radius 1 is 0.659 bits per heavy atom. The quantitative estimate of drug-likeness (QED) is 0.0673. The SMILES string of the molecule is CCCCCCCCc1c(O)cccc1Cc1cccc(OP(=O)([O-])[O-])c1CCCCCCCC.CCOOOCC.[Na+].[Na+]. The number of aromatic hydroxyl groups is 1. The van der Waals surface area contributed by atoms with Crippen molar-refractivity contribution in [2.45, 2.75) is 124 Å². The summed E-state index contributed by atoms with van der Waals surface area (Å²) in [6.07, 6.45) is 15.9. The minimum atomic E-state index is -5.15. The summed E-state index contributed by atoms with van der Waals surface area (Å²) in [5, 5.41) is 14.7. The largest absolute Gasteiger partial charge is 1.00 e. The van der Waals surface area contributed by atoms with Gasteiger partial charge in [-0.25, -0.2) is 9.78 Å².